The van der Waals surface area contributed by atoms with E-state index in [1.165, 1.54) is 0 Å². The van der Waals surface area contributed by atoms with Crippen LogP contribution in [0, 0.1) is 11.8 Å². The van der Waals surface area contributed by atoms with E-state index < -0.39 is 5.97 Å². The van der Waals surface area contributed by atoms with E-state index in [2.05, 4.69) is 15.6 Å². The lowest BCUT2D eigenvalue weighted by Crippen LogP contribution is -2.40. The minimum atomic E-state index is -0.759. The number of rotatable bonds is 5. The molecule has 3 N–H and O–H groups in total. The molecule has 1 aliphatic carbocycles. The third-order valence-electron chi connectivity index (χ3n) is 4.05. The normalized spacial score (nSPS) is 22.5. The first-order valence-corrected chi connectivity index (χ1v) is 7.25. The molecule has 6 heteroatoms. The first-order chi connectivity index (χ1) is 10.1. The van der Waals surface area contributed by atoms with Crippen LogP contribution in [0.15, 0.2) is 24.5 Å². The molecule has 1 aromatic heterocycles. The Morgan fingerprint density at radius 1 is 1.38 bits per heavy atom. The fourth-order valence-corrected chi connectivity index (χ4v) is 2.81. The number of urea groups is 1. The fourth-order valence-electron chi connectivity index (χ4n) is 2.81. The Morgan fingerprint density at radius 3 is 2.76 bits per heavy atom. The lowest BCUT2D eigenvalue weighted by molar-refractivity contribution is -0.142. The van der Waals surface area contributed by atoms with Gasteiger partial charge in [0, 0.05) is 18.9 Å². The molecule has 0 aliphatic heterocycles. The number of nitrogens with zero attached hydrogens (tertiary/aromatic N) is 1. The third-order valence-corrected chi connectivity index (χ3v) is 4.05. The summed E-state index contributed by atoms with van der Waals surface area (Å²) in [6.45, 7) is 2.30. The molecule has 2 rings (SSSR count). The molecule has 0 aromatic carbocycles. The molecule has 1 fully saturated rings. The van der Waals surface area contributed by atoms with Crippen molar-refractivity contribution in [3.63, 3.8) is 0 Å². The Bertz CT molecular complexity index is 492. The molecule has 21 heavy (non-hydrogen) atoms. The molecule has 3 unspecified atom stereocenters. The number of pyridine rings is 1. The highest BCUT2D eigenvalue weighted by molar-refractivity contribution is 5.75. The first kappa shape index (κ1) is 15.3. The van der Waals surface area contributed by atoms with Gasteiger partial charge in [0.1, 0.15) is 0 Å². The van der Waals surface area contributed by atoms with Gasteiger partial charge in [0.25, 0.3) is 0 Å². The summed E-state index contributed by atoms with van der Waals surface area (Å²) < 4.78 is 0. The monoisotopic (exact) mass is 291 g/mol. The van der Waals surface area contributed by atoms with Crippen molar-refractivity contribution in [2.24, 2.45) is 11.8 Å². The fraction of sp³-hybridized carbons (Fsp3) is 0.533. The molecular formula is C15H21N3O3. The molecule has 1 aliphatic rings. The lowest BCUT2D eigenvalue weighted by Gasteiger charge is -2.18. The maximum absolute atomic E-state index is 11.9. The van der Waals surface area contributed by atoms with E-state index in [1.807, 2.05) is 19.1 Å². The quantitative estimate of drug-likeness (QED) is 0.773. The molecule has 0 bridgehead atoms. The molecule has 2 amide bonds. The van der Waals surface area contributed by atoms with Crippen molar-refractivity contribution < 1.29 is 14.7 Å². The summed E-state index contributed by atoms with van der Waals surface area (Å²) in [6, 6.07) is 3.31. The van der Waals surface area contributed by atoms with Crippen LogP contribution in [0.1, 0.15) is 37.8 Å². The van der Waals surface area contributed by atoms with Crippen molar-refractivity contribution >= 4 is 12.0 Å². The molecule has 0 spiro atoms. The Morgan fingerprint density at radius 2 is 2.10 bits per heavy atom. The standard InChI is InChI=1S/C15H21N3O3/c1-10(11-5-7-16-8-6-11)18-15(21)17-9-12-3-2-4-13(12)14(19)20/h5-8,10,12-13H,2-4,9H2,1H3,(H,19,20)(H2,17,18,21). The Labute approximate surface area is 124 Å². The van der Waals surface area contributed by atoms with Gasteiger partial charge in [-0.3, -0.25) is 9.78 Å². The van der Waals surface area contributed by atoms with Gasteiger partial charge in [-0.1, -0.05) is 6.42 Å². The van der Waals surface area contributed by atoms with Gasteiger partial charge in [0.2, 0.25) is 0 Å². The lowest BCUT2D eigenvalue weighted by atomic mass is 9.96. The molecule has 3 atom stereocenters. The van der Waals surface area contributed by atoms with Gasteiger partial charge in [-0.25, -0.2) is 4.79 Å². The zero-order chi connectivity index (χ0) is 15.2. The molecule has 0 saturated heterocycles. The van der Waals surface area contributed by atoms with E-state index in [0.717, 1.165) is 18.4 Å². The zero-order valence-electron chi connectivity index (χ0n) is 12.1. The number of hydrogen-bond donors (Lipinski definition) is 3. The van der Waals surface area contributed by atoms with Gasteiger partial charge in [-0.15, -0.1) is 0 Å². The molecule has 1 aromatic rings. The number of carboxylic acids is 1. The summed E-state index contributed by atoms with van der Waals surface area (Å²) in [5.41, 5.74) is 0.976. The Balaban J connectivity index is 1.78. The Hall–Kier alpha value is -2.11. The van der Waals surface area contributed by atoms with Crippen molar-refractivity contribution in [3.8, 4) is 0 Å². The third kappa shape index (κ3) is 4.18. The van der Waals surface area contributed by atoms with E-state index in [-0.39, 0.29) is 23.9 Å². The number of aliphatic carboxylic acids is 1. The van der Waals surface area contributed by atoms with E-state index >= 15 is 0 Å². The van der Waals surface area contributed by atoms with Gasteiger partial charge in [-0.2, -0.15) is 0 Å². The predicted molar refractivity (Wildman–Crippen MR) is 77.7 cm³/mol. The second-order valence-corrected chi connectivity index (χ2v) is 5.49. The summed E-state index contributed by atoms with van der Waals surface area (Å²) in [4.78, 5) is 26.9. The minimum absolute atomic E-state index is 0.0319. The minimum Gasteiger partial charge on any atom is -0.481 e. The second-order valence-electron chi connectivity index (χ2n) is 5.49. The molecule has 0 radical (unpaired) electrons. The van der Waals surface area contributed by atoms with Crippen molar-refractivity contribution in [1.82, 2.24) is 15.6 Å². The van der Waals surface area contributed by atoms with E-state index in [1.54, 1.807) is 12.4 Å². The van der Waals surface area contributed by atoms with Gasteiger partial charge >= 0.3 is 12.0 Å². The van der Waals surface area contributed by atoms with Crippen LogP contribution >= 0.6 is 0 Å². The van der Waals surface area contributed by atoms with Crippen LogP contribution in [-0.4, -0.2) is 28.6 Å². The number of amides is 2. The molecule has 114 valence electrons. The summed E-state index contributed by atoms with van der Waals surface area (Å²) in [5, 5.41) is 14.7. The summed E-state index contributed by atoms with van der Waals surface area (Å²) in [6.07, 6.45) is 5.84. The highest BCUT2D eigenvalue weighted by Crippen LogP contribution is 2.31. The average Bonchev–Trinajstić information content (AvgIpc) is 2.94. The summed E-state index contributed by atoms with van der Waals surface area (Å²) >= 11 is 0. The van der Waals surface area contributed by atoms with E-state index in [9.17, 15) is 9.59 Å². The van der Waals surface area contributed by atoms with Crippen molar-refractivity contribution in [3.05, 3.63) is 30.1 Å². The number of aromatic nitrogens is 1. The molecular weight excluding hydrogens is 270 g/mol. The van der Waals surface area contributed by atoms with Crippen LogP contribution in [-0.2, 0) is 4.79 Å². The maximum atomic E-state index is 11.9. The maximum Gasteiger partial charge on any atom is 0.315 e. The van der Waals surface area contributed by atoms with Gasteiger partial charge in [-0.05, 0) is 43.4 Å². The van der Waals surface area contributed by atoms with Crippen LogP contribution in [0.5, 0.6) is 0 Å². The highest BCUT2D eigenvalue weighted by Gasteiger charge is 2.32. The number of carbonyl (C=O) groups excluding carboxylic acids is 1. The second kappa shape index (κ2) is 7.06. The van der Waals surface area contributed by atoms with Crippen molar-refractivity contribution in [2.75, 3.05) is 6.54 Å². The van der Waals surface area contributed by atoms with Crippen molar-refractivity contribution in [1.29, 1.82) is 0 Å². The number of hydrogen-bond acceptors (Lipinski definition) is 3. The Kier molecular flexibility index (Phi) is 5.14. The average molecular weight is 291 g/mol. The predicted octanol–water partition coefficient (Wildman–Crippen LogP) is 1.94. The largest absolute Gasteiger partial charge is 0.481 e. The van der Waals surface area contributed by atoms with Crippen LogP contribution in [0.25, 0.3) is 0 Å². The SMILES string of the molecule is CC(NC(=O)NCC1CCCC1C(=O)O)c1ccncc1. The van der Waals surface area contributed by atoms with Crippen LogP contribution in [0.2, 0.25) is 0 Å². The number of carboxylic acid groups (broad SMARTS) is 1. The number of nitrogens with one attached hydrogen (secondary N) is 2. The smallest absolute Gasteiger partial charge is 0.315 e. The molecule has 1 heterocycles. The van der Waals surface area contributed by atoms with Crippen LogP contribution < -0.4 is 10.6 Å². The van der Waals surface area contributed by atoms with Gasteiger partial charge < -0.3 is 15.7 Å². The van der Waals surface area contributed by atoms with Crippen LogP contribution in [0.4, 0.5) is 4.79 Å². The van der Waals surface area contributed by atoms with E-state index in [0.29, 0.717) is 13.0 Å². The van der Waals surface area contributed by atoms with Gasteiger partial charge in [0.05, 0.1) is 12.0 Å². The zero-order valence-corrected chi connectivity index (χ0v) is 12.1. The van der Waals surface area contributed by atoms with Crippen LogP contribution in [0.3, 0.4) is 0 Å². The molecule has 6 nitrogen and oxygen atoms in total. The summed E-state index contributed by atoms with van der Waals surface area (Å²) in [7, 11) is 0. The molecule has 1 saturated carbocycles. The topological polar surface area (TPSA) is 91.3 Å². The highest BCUT2D eigenvalue weighted by atomic mass is 16.4. The van der Waals surface area contributed by atoms with E-state index in [4.69, 9.17) is 5.11 Å². The number of carbonyl (C=O) groups is 2. The summed E-state index contributed by atoms with van der Waals surface area (Å²) in [5.74, 6) is -1.06. The van der Waals surface area contributed by atoms with Gasteiger partial charge in [0.15, 0.2) is 0 Å². The van der Waals surface area contributed by atoms with Crippen molar-refractivity contribution in [2.45, 2.75) is 32.2 Å². The first-order valence-electron chi connectivity index (χ1n) is 7.25.